The molecule has 1 aromatic rings. The summed E-state index contributed by atoms with van der Waals surface area (Å²) in [6.45, 7) is 3.76. The lowest BCUT2D eigenvalue weighted by atomic mass is 9.48. The third-order valence-corrected chi connectivity index (χ3v) is 8.09. The Morgan fingerprint density at radius 1 is 1.36 bits per heavy atom. The summed E-state index contributed by atoms with van der Waals surface area (Å²) in [5, 5.41) is 23.2. The highest BCUT2D eigenvalue weighted by atomic mass is 16.5. The van der Waals surface area contributed by atoms with Crippen molar-refractivity contribution in [2.45, 2.75) is 49.0 Å². The fraction of sp³-hybridized carbons (Fsp3) is 0.591. The van der Waals surface area contributed by atoms with Crippen LogP contribution in [0, 0.1) is 5.41 Å². The van der Waals surface area contributed by atoms with Gasteiger partial charge in [-0.15, -0.1) is 0 Å². The summed E-state index contributed by atoms with van der Waals surface area (Å²) in [6, 6.07) is 5.55. The summed E-state index contributed by atoms with van der Waals surface area (Å²) in [7, 11) is 3.55. The summed E-state index contributed by atoms with van der Waals surface area (Å²) in [6.07, 6.45) is 5.08. The average molecular weight is 384 g/mol. The van der Waals surface area contributed by atoms with Gasteiger partial charge >= 0.3 is 0 Å². The monoisotopic (exact) mass is 384 g/mol. The quantitative estimate of drug-likeness (QED) is 0.601. The molecule has 2 fully saturated rings. The van der Waals surface area contributed by atoms with Crippen molar-refractivity contribution in [1.82, 2.24) is 4.90 Å². The highest BCUT2D eigenvalue weighted by Gasteiger charge is 2.76. The molecule has 4 aliphatic rings. The van der Waals surface area contributed by atoms with E-state index in [1.54, 1.807) is 7.11 Å². The van der Waals surface area contributed by atoms with Crippen LogP contribution in [-0.2, 0) is 10.2 Å². The van der Waals surface area contributed by atoms with Crippen LogP contribution in [0.2, 0.25) is 0 Å². The summed E-state index contributed by atoms with van der Waals surface area (Å²) in [5.74, 6) is 0.746. The van der Waals surface area contributed by atoms with Crippen LogP contribution in [0.15, 0.2) is 30.4 Å². The maximum atomic E-state index is 12.4. The van der Waals surface area contributed by atoms with Gasteiger partial charge in [-0.1, -0.05) is 25.1 Å². The van der Waals surface area contributed by atoms with Crippen molar-refractivity contribution in [2.75, 3.05) is 32.1 Å². The van der Waals surface area contributed by atoms with E-state index in [-0.39, 0.29) is 6.04 Å². The summed E-state index contributed by atoms with van der Waals surface area (Å²) >= 11 is 0. The molecular weight excluding hydrogens is 356 g/mol. The molecule has 5 rings (SSSR count). The molecule has 6 atom stereocenters. The van der Waals surface area contributed by atoms with Crippen molar-refractivity contribution in [1.29, 1.82) is 0 Å². The number of aliphatic hydroxyl groups is 2. The number of ether oxygens (including phenoxy) is 1. The molecule has 3 aliphatic heterocycles. The van der Waals surface area contributed by atoms with Gasteiger partial charge in [-0.2, -0.15) is 0 Å². The van der Waals surface area contributed by atoms with Gasteiger partial charge in [-0.25, -0.2) is 0 Å². The zero-order chi connectivity index (χ0) is 19.9. The van der Waals surface area contributed by atoms with Crippen molar-refractivity contribution in [3.05, 3.63) is 35.9 Å². The molecule has 2 unspecified atom stereocenters. The van der Waals surface area contributed by atoms with Crippen LogP contribution in [0.3, 0.4) is 0 Å². The van der Waals surface area contributed by atoms with E-state index in [2.05, 4.69) is 23.1 Å². The smallest absolute Gasteiger partial charge is 0.167 e. The Balaban J connectivity index is 1.84. The van der Waals surface area contributed by atoms with E-state index in [0.29, 0.717) is 12.7 Å². The topological polar surface area (TPSA) is 73.2 Å². The highest BCUT2D eigenvalue weighted by molar-refractivity contribution is 5.77. The van der Waals surface area contributed by atoms with E-state index in [0.717, 1.165) is 36.5 Å². The molecular formula is C22H28N2O4. The van der Waals surface area contributed by atoms with Gasteiger partial charge < -0.3 is 19.8 Å². The molecule has 1 saturated heterocycles. The van der Waals surface area contributed by atoms with Crippen molar-refractivity contribution in [3.8, 4) is 5.75 Å². The summed E-state index contributed by atoms with van der Waals surface area (Å²) in [5.41, 5.74) is -0.825. The SMILES string of the molecule is CC[C@]12C=CCN3CCC4(c5ccc(OC)cc5N(C)[C@H]4C(O)(C=O)[C@@H]1O)[C@@H]32. The number of carbonyl (C=O) groups excluding carboxylic acids is 1. The zero-order valence-electron chi connectivity index (χ0n) is 16.6. The molecule has 28 heavy (non-hydrogen) atoms. The molecule has 150 valence electrons. The molecule has 1 saturated carbocycles. The molecule has 1 spiro atoms. The second-order valence-corrected chi connectivity index (χ2v) is 8.86. The summed E-state index contributed by atoms with van der Waals surface area (Å²) < 4.78 is 5.44. The second kappa shape index (κ2) is 5.59. The number of hydrogen-bond acceptors (Lipinski definition) is 6. The largest absolute Gasteiger partial charge is 0.497 e. The standard InChI is InChI=1S/C22H28N2O4/c1-4-20-8-5-10-24-11-9-21(17(20)24)15-7-6-14(28-3)12-16(15)23(2)18(21)22(27,13-25)19(20)26/h5-8,12-13,17-19,26-27H,4,9-11H2,1-3H3/t17-,18+,19+,20+,21?,22?/m0/s1. The number of aldehydes is 1. The van der Waals surface area contributed by atoms with E-state index < -0.39 is 28.6 Å². The average Bonchev–Trinajstić information content (AvgIpc) is 3.23. The first kappa shape index (κ1) is 18.2. The maximum Gasteiger partial charge on any atom is 0.167 e. The van der Waals surface area contributed by atoms with E-state index >= 15 is 0 Å². The van der Waals surface area contributed by atoms with Gasteiger partial charge in [0.05, 0.1) is 13.2 Å². The van der Waals surface area contributed by atoms with Gasteiger partial charge in [0.25, 0.3) is 0 Å². The Bertz CT molecular complexity index is 872. The fourth-order valence-electron chi connectivity index (χ4n) is 7.14. The Kier molecular flexibility index (Phi) is 3.62. The Hall–Kier alpha value is -1.89. The Morgan fingerprint density at radius 3 is 2.82 bits per heavy atom. The number of fused-ring (bicyclic) bond motifs is 1. The normalized spacial score (nSPS) is 43.5. The predicted molar refractivity (Wildman–Crippen MR) is 106 cm³/mol. The van der Waals surface area contributed by atoms with E-state index in [1.807, 2.05) is 31.0 Å². The van der Waals surface area contributed by atoms with E-state index in [9.17, 15) is 15.0 Å². The number of methoxy groups -OCH3 is 1. The molecule has 0 radical (unpaired) electrons. The van der Waals surface area contributed by atoms with Gasteiger partial charge in [-0.3, -0.25) is 9.69 Å². The van der Waals surface area contributed by atoms with Crippen molar-refractivity contribution < 1.29 is 19.7 Å². The molecule has 3 heterocycles. The molecule has 1 aliphatic carbocycles. The fourth-order valence-corrected chi connectivity index (χ4v) is 7.14. The number of hydrogen-bond donors (Lipinski definition) is 2. The number of carbonyl (C=O) groups is 1. The minimum absolute atomic E-state index is 0.0346. The van der Waals surface area contributed by atoms with Gasteiger partial charge in [0, 0.05) is 42.2 Å². The zero-order valence-corrected chi connectivity index (χ0v) is 16.6. The third kappa shape index (κ3) is 1.74. The van der Waals surface area contributed by atoms with Crippen molar-refractivity contribution in [3.63, 3.8) is 0 Å². The Labute approximate surface area is 165 Å². The molecule has 1 aromatic carbocycles. The van der Waals surface area contributed by atoms with Crippen LogP contribution in [0.4, 0.5) is 5.69 Å². The number of benzene rings is 1. The number of rotatable bonds is 3. The van der Waals surface area contributed by atoms with Crippen LogP contribution < -0.4 is 9.64 Å². The van der Waals surface area contributed by atoms with Crippen LogP contribution in [0.25, 0.3) is 0 Å². The number of anilines is 1. The second-order valence-electron chi connectivity index (χ2n) is 8.86. The predicted octanol–water partition coefficient (Wildman–Crippen LogP) is 1.10. The van der Waals surface area contributed by atoms with Crippen molar-refractivity contribution in [2.24, 2.45) is 5.41 Å². The van der Waals surface area contributed by atoms with Gasteiger partial charge in [0.15, 0.2) is 11.9 Å². The van der Waals surface area contributed by atoms with Crippen molar-refractivity contribution >= 4 is 12.0 Å². The molecule has 6 heteroatoms. The number of likely N-dealkylation sites (N-methyl/N-ethyl adjacent to an activating group) is 1. The third-order valence-electron chi connectivity index (χ3n) is 8.09. The highest BCUT2D eigenvalue weighted by Crippen LogP contribution is 2.66. The van der Waals surface area contributed by atoms with E-state index in [1.165, 1.54) is 0 Å². The number of nitrogens with zero attached hydrogens (tertiary/aromatic N) is 2. The lowest BCUT2D eigenvalue weighted by Crippen LogP contribution is -2.79. The number of aliphatic hydroxyl groups excluding tert-OH is 1. The first-order valence-electron chi connectivity index (χ1n) is 10.1. The summed E-state index contributed by atoms with van der Waals surface area (Å²) in [4.78, 5) is 16.8. The first-order chi connectivity index (χ1) is 13.4. The van der Waals surface area contributed by atoms with Gasteiger partial charge in [0.2, 0.25) is 0 Å². The minimum atomic E-state index is -1.86. The van der Waals surface area contributed by atoms with Gasteiger partial charge in [0.1, 0.15) is 11.9 Å². The minimum Gasteiger partial charge on any atom is -0.497 e. The molecule has 6 nitrogen and oxygen atoms in total. The molecule has 0 bridgehead atoms. The first-order valence-corrected chi connectivity index (χ1v) is 10.1. The lowest BCUT2D eigenvalue weighted by Gasteiger charge is -2.62. The molecule has 0 amide bonds. The maximum absolute atomic E-state index is 12.4. The molecule has 0 aromatic heterocycles. The molecule has 2 N–H and O–H groups in total. The van der Waals surface area contributed by atoms with Crippen LogP contribution in [0.1, 0.15) is 25.3 Å². The van der Waals surface area contributed by atoms with E-state index in [4.69, 9.17) is 4.74 Å². The lowest BCUT2D eigenvalue weighted by molar-refractivity contribution is -0.193. The van der Waals surface area contributed by atoms with Crippen LogP contribution >= 0.6 is 0 Å². The van der Waals surface area contributed by atoms with Crippen LogP contribution in [0.5, 0.6) is 5.75 Å². The van der Waals surface area contributed by atoms with Gasteiger partial charge in [-0.05, 0) is 31.0 Å². The van der Waals surface area contributed by atoms with Crippen LogP contribution in [-0.4, -0.2) is 72.4 Å². The Morgan fingerprint density at radius 2 is 2.14 bits per heavy atom.